The zero-order chi connectivity index (χ0) is 23.5. The Hall–Kier alpha value is -3.98. The van der Waals surface area contributed by atoms with Crippen LogP contribution in [0.3, 0.4) is 0 Å². The number of hydrogen-bond acceptors (Lipinski definition) is 6. The van der Waals surface area contributed by atoms with Crippen molar-refractivity contribution < 1.29 is 18.8 Å². The summed E-state index contributed by atoms with van der Waals surface area (Å²) in [5, 5.41) is 3.18. The van der Waals surface area contributed by atoms with E-state index < -0.39 is 0 Å². The van der Waals surface area contributed by atoms with Crippen molar-refractivity contribution in [2.75, 3.05) is 26.6 Å². The maximum absolute atomic E-state index is 13.3. The third-order valence-electron chi connectivity index (χ3n) is 5.55. The van der Waals surface area contributed by atoms with E-state index in [1.54, 1.807) is 31.0 Å². The van der Waals surface area contributed by atoms with E-state index in [2.05, 4.69) is 5.32 Å². The Kier molecular flexibility index (Phi) is 6.23. The molecular formula is C24H26N5O4+. The van der Waals surface area contributed by atoms with E-state index in [1.165, 1.54) is 10.5 Å². The highest BCUT2D eigenvalue weighted by Crippen LogP contribution is 2.16. The van der Waals surface area contributed by atoms with Crippen molar-refractivity contribution in [2.45, 2.75) is 20.0 Å². The number of aromatic nitrogens is 3. The fourth-order valence-corrected chi connectivity index (χ4v) is 3.72. The number of nitrogens with zero attached hydrogens (tertiary/aromatic N) is 3. The van der Waals surface area contributed by atoms with Gasteiger partial charge in [0.2, 0.25) is 11.5 Å². The lowest BCUT2D eigenvalue weighted by Gasteiger charge is -2.13. The molecule has 9 heteroatoms. The lowest BCUT2D eigenvalue weighted by Crippen LogP contribution is -2.44. The van der Waals surface area contributed by atoms with Gasteiger partial charge in [0.15, 0.2) is 0 Å². The van der Waals surface area contributed by atoms with Crippen LogP contribution >= 0.6 is 0 Å². The lowest BCUT2D eigenvalue weighted by molar-refractivity contribution is -0.660. The molecule has 0 atom stereocenters. The molecule has 0 unspecified atom stereocenters. The van der Waals surface area contributed by atoms with Crippen molar-refractivity contribution in [3.05, 3.63) is 75.7 Å². The summed E-state index contributed by atoms with van der Waals surface area (Å²) in [5.41, 5.74) is 9.06. The molecule has 0 saturated heterocycles. The second-order valence-electron chi connectivity index (χ2n) is 7.66. The number of methoxy groups -OCH3 is 2. The molecule has 33 heavy (non-hydrogen) atoms. The molecule has 3 N–H and O–H groups in total. The third kappa shape index (κ3) is 4.22. The number of carbonyl (C=O) groups excluding carboxylic acids is 1. The second kappa shape index (κ2) is 9.25. The van der Waals surface area contributed by atoms with Gasteiger partial charge in [-0.3, -0.25) is 14.0 Å². The van der Waals surface area contributed by atoms with E-state index in [-0.39, 0.29) is 22.8 Å². The highest BCUT2D eigenvalue weighted by atomic mass is 16.5. The maximum Gasteiger partial charge on any atom is 0.278 e. The zero-order valence-electron chi connectivity index (χ0n) is 18.8. The summed E-state index contributed by atoms with van der Waals surface area (Å²) < 4.78 is 13.5. The molecule has 3 aromatic heterocycles. The smallest absolute Gasteiger partial charge is 0.278 e. The van der Waals surface area contributed by atoms with Crippen molar-refractivity contribution >= 4 is 28.4 Å². The molecule has 0 aliphatic carbocycles. The van der Waals surface area contributed by atoms with Crippen LogP contribution < -0.4 is 25.9 Å². The monoisotopic (exact) mass is 448 g/mol. The van der Waals surface area contributed by atoms with E-state index in [0.29, 0.717) is 36.4 Å². The highest BCUT2D eigenvalue weighted by molar-refractivity contribution is 6.00. The maximum atomic E-state index is 13.3. The minimum atomic E-state index is -0.384. The van der Waals surface area contributed by atoms with Gasteiger partial charge in [-0.2, -0.15) is 0 Å². The van der Waals surface area contributed by atoms with Gasteiger partial charge in [-0.15, -0.1) is 0 Å². The fourth-order valence-electron chi connectivity index (χ4n) is 3.72. The number of pyridine rings is 2. The Labute approximate surface area is 190 Å². The van der Waals surface area contributed by atoms with E-state index >= 15 is 0 Å². The number of aryl methyl sites for hydroxylation is 1. The van der Waals surface area contributed by atoms with Crippen LogP contribution in [0, 0.1) is 6.92 Å². The number of rotatable bonds is 7. The third-order valence-corrected chi connectivity index (χ3v) is 5.55. The van der Waals surface area contributed by atoms with Gasteiger partial charge < -0.3 is 20.5 Å². The van der Waals surface area contributed by atoms with E-state index in [9.17, 15) is 9.59 Å². The van der Waals surface area contributed by atoms with Gasteiger partial charge >= 0.3 is 0 Å². The number of fused-ring (bicyclic) bond motifs is 2. The van der Waals surface area contributed by atoms with Gasteiger partial charge in [0, 0.05) is 25.4 Å². The van der Waals surface area contributed by atoms with E-state index in [1.807, 2.05) is 37.3 Å². The minimum Gasteiger partial charge on any atom is -0.497 e. The topological polar surface area (TPSA) is 112 Å². The number of amides is 1. The number of nitrogens with one attached hydrogen (secondary N) is 1. The van der Waals surface area contributed by atoms with Crippen molar-refractivity contribution in [3.8, 4) is 5.75 Å². The number of hydrogen-bond donors (Lipinski definition) is 2. The number of carbonyl (C=O) groups is 1. The average molecular weight is 449 g/mol. The molecule has 0 radical (unpaired) electrons. The zero-order valence-corrected chi connectivity index (χ0v) is 18.8. The van der Waals surface area contributed by atoms with Crippen LogP contribution in [0.4, 0.5) is 5.82 Å². The summed E-state index contributed by atoms with van der Waals surface area (Å²) in [7, 11) is 3.17. The van der Waals surface area contributed by atoms with Crippen molar-refractivity contribution in [1.29, 1.82) is 0 Å². The van der Waals surface area contributed by atoms with Gasteiger partial charge in [-0.25, -0.2) is 4.57 Å². The summed E-state index contributed by atoms with van der Waals surface area (Å²) in [4.78, 5) is 31.1. The van der Waals surface area contributed by atoms with Gasteiger partial charge in [0.1, 0.15) is 16.7 Å². The van der Waals surface area contributed by atoms with Crippen LogP contribution in [0.5, 0.6) is 5.75 Å². The predicted octanol–water partition coefficient (Wildman–Crippen LogP) is 1.61. The Morgan fingerprint density at radius 1 is 1.21 bits per heavy atom. The van der Waals surface area contributed by atoms with Gasteiger partial charge in [0.05, 0.1) is 20.3 Å². The van der Waals surface area contributed by atoms with Gasteiger partial charge in [0.25, 0.3) is 17.1 Å². The lowest BCUT2D eigenvalue weighted by atomic mass is 10.1. The largest absolute Gasteiger partial charge is 0.497 e. The molecule has 0 saturated carbocycles. The summed E-state index contributed by atoms with van der Waals surface area (Å²) in [5.74, 6) is 0.570. The molecule has 0 spiro atoms. The number of ether oxygens (including phenoxy) is 2. The first-order valence-corrected chi connectivity index (χ1v) is 10.5. The standard InChI is InChI=1S/C24H25N5O4/c1-15-5-4-10-29-21(15)27-22-19(24(29)31)13-18(20(25)28(22)11-12-32-2)23(30)26-14-16-6-8-17(33-3)9-7-16/h4-10,13,25H,11-12,14H2,1-3H3,(H,26,30)/p+1. The first-order chi connectivity index (χ1) is 15.9. The molecule has 4 rings (SSSR count). The average Bonchev–Trinajstić information content (AvgIpc) is 2.83. The van der Waals surface area contributed by atoms with Gasteiger partial charge in [-0.1, -0.05) is 23.2 Å². The second-order valence-corrected chi connectivity index (χ2v) is 7.66. The first kappa shape index (κ1) is 22.2. The molecule has 0 fully saturated rings. The summed E-state index contributed by atoms with van der Waals surface area (Å²) in [6.45, 7) is 2.87. The Bertz CT molecular complexity index is 1400. The van der Waals surface area contributed by atoms with Crippen molar-refractivity contribution in [1.82, 2.24) is 14.7 Å². The summed E-state index contributed by atoms with van der Waals surface area (Å²) in [6, 6.07) is 12.6. The Morgan fingerprint density at radius 3 is 2.67 bits per heavy atom. The van der Waals surface area contributed by atoms with Crippen molar-refractivity contribution in [3.63, 3.8) is 0 Å². The van der Waals surface area contributed by atoms with Gasteiger partial charge in [-0.05, 0) is 36.8 Å². The normalized spacial score (nSPS) is 11.1. The van der Waals surface area contributed by atoms with Crippen LogP contribution in [-0.4, -0.2) is 36.1 Å². The minimum absolute atomic E-state index is 0.207. The fraction of sp³-hybridized carbons (Fsp3) is 0.250. The Morgan fingerprint density at radius 2 is 1.97 bits per heavy atom. The molecule has 3 heterocycles. The summed E-state index contributed by atoms with van der Waals surface area (Å²) >= 11 is 0. The first-order valence-electron chi connectivity index (χ1n) is 10.5. The molecule has 9 nitrogen and oxygen atoms in total. The number of anilines is 1. The van der Waals surface area contributed by atoms with Crippen LogP contribution in [0.15, 0.2) is 53.5 Å². The quantitative estimate of drug-likeness (QED) is 0.328. The molecule has 0 aliphatic heterocycles. The summed E-state index contributed by atoms with van der Waals surface area (Å²) in [6.07, 6.45) is 1.66. The van der Waals surface area contributed by atoms with E-state index in [0.717, 1.165) is 16.9 Å². The highest BCUT2D eigenvalue weighted by Gasteiger charge is 2.24. The molecular weight excluding hydrogens is 422 g/mol. The molecule has 0 bridgehead atoms. The molecule has 4 aromatic rings. The van der Waals surface area contributed by atoms with Crippen molar-refractivity contribution in [2.24, 2.45) is 0 Å². The number of nitrogens with two attached hydrogens (primary N) is 1. The van der Waals surface area contributed by atoms with E-state index in [4.69, 9.17) is 20.2 Å². The predicted molar refractivity (Wildman–Crippen MR) is 124 cm³/mol. The van der Waals surface area contributed by atoms with Crippen LogP contribution in [0.1, 0.15) is 21.5 Å². The molecule has 170 valence electrons. The number of nitrogen functional groups attached to an aromatic ring is 1. The van der Waals surface area contributed by atoms with Crippen LogP contribution in [-0.2, 0) is 17.8 Å². The van der Waals surface area contributed by atoms with Crippen LogP contribution in [0.25, 0.3) is 16.7 Å². The molecule has 1 amide bonds. The SMILES string of the molecule is COCC[n+]1c(N)c(C(=O)NCc2ccc(OC)cc2)cc2c(=O)n3cccc(C)c3nc21. The molecule has 1 aromatic carbocycles. The van der Waals surface area contributed by atoms with Crippen LogP contribution in [0.2, 0.25) is 0 Å². The Balaban J connectivity index is 1.79. The molecule has 0 aliphatic rings. The number of benzene rings is 1.